The molecule has 1 amide bonds. The molecule has 2 unspecified atom stereocenters. The lowest BCUT2D eigenvalue weighted by atomic mass is 9.88. The van der Waals surface area contributed by atoms with Crippen LogP contribution in [0.5, 0.6) is 0 Å². The van der Waals surface area contributed by atoms with Crippen molar-refractivity contribution in [2.24, 2.45) is 11.7 Å². The molecule has 1 aromatic rings. The molecule has 1 saturated carbocycles. The van der Waals surface area contributed by atoms with Crippen LogP contribution in [0.15, 0.2) is 18.2 Å². The van der Waals surface area contributed by atoms with E-state index in [-0.39, 0.29) is 11.7 Å². The second-order valence-corrected chi connectivity index (χ2v) is 6.29. The van der Waals surface area contributed by atoms with Crippen LogP contribution in [0.1, 0.15) is 51.0 Å². The van der Waals surface area contributed by atoms with Crippen LogP contribution in [0.25, 0.3) is 0 Å². The number of amides is 1. The van der Waals surface area contributed by atoms with Gasteiger partial charge in [0.15, 0.2) is 0 Å². The summed E-state index contributed by atoms with van der Waals surface area (Å²) in [5.41, 5.74) is 6.41. The van der Waals surface area contributed by atoms with E-state index in [0.717, 1.165) is 37.7 Å². The molecular weight excluding hydrogens is 267 g/mol. The number of nitrogens with two attached hydrogens (primary N) is 1. The Labute approximate surface area is 126 Å². The number of benzene rings is 1. The number of anilines is 1. The predicted molar refractivity (Wildman–Crippen MR) is 83.6 cm³/mol. The van der Waals surface area contributed by atoms with Crippen molar-refractivity contribution in [2.45, 2.75) is 57.9 Å². The fourth-order valence-electron chi connectivity index (χ4n) is 3.34. The van der Waals surface area contributed by atoms with Crippen molar-refractivity contribution in [3.05, 3.63) is 29.6 Å². The van der Waals surface area contributed by atoms with Crippen LogP contribution in [0.2, 0.25) is 0 Å². The van der Waals surface area contributed by atoms with Gasteiger partial charge in [-0.25, -0.2) is 4.39 Å². The second-order valence-electron chi connectivity index (χ2n) is 6.29. The molecule has 1 aliphatic carbocycles. The normalized spacial score (nSPS) is 26.1. The molecule has 0 bridgehead atoms. The summed E-state index contributed by atoms with van der Waals surface area (Å²) in [6, 6.07) is 4.76. The zero-order valence-corrected chi connectivity index (χ0v) is 12.9. The predicted octanol–water partition coefficient (Wildman–Crippen LogP) is 3.76. The summed E-state index contributed by atoms with van der Waals surface area (Å²) in [6.45, 7) is 4.02. The first-order chi connectivity index (χ1) is 9.95. The van der Waals surface area contributed by atoms with E-state index >= 15 is 0 Å². The molecule has 3 N–H and O–H groups in total. The van der Waals surface area contributed by atoms with Gasteiger partial charge in [-0.2, -0.15) is 0 Å². The van der Waals surface area contributed by atoms with Gasteiger partial charge in [-0.3, -0.25) is 4.79 Å². The van der Waals surface area contributed by atoms with Gasteiger partial charge in [-0.05, 0) is 55.9 Å². The van der Waals surface area contributed by atoms with Crippen LogP contribution in [0.4, 0.5) is 10.1 Å². The van der Waals surface area contributed by atoms with Crippen molar-refractivity contribution < 1.29 is 9.18 Å². The molecule has 2 atom stereocenters. The van der Waals surface area contributed by atoms with Gasteiger partial charge in [-0.15, -0.1) is 0 Å². The van der Waals surface area contributed by atoms with Crippen molar-refractivity contribution in [1.82, 2.24) is 0 Å². The molecule has 21 heavy (non-hydrogen) atoms. The van der Waals surface area contributed by atoms with Crippen LogP contribution in [0, 0.1) is 18.7 Å². The van der Waals surface area contributed by atoms with E-state index in [1.165, 1.54) is 12.1 Å². The number of rotatable bonds is 4. The Bertz CT molecular complexity index is 497. The Hall–Kier alpha value is -1.58. The largest absolute Gasteiger partial charge is 0.371 e. The molecule has 4 heteroatoms. The number of carbonyl (C=O) groups excluding carboxylic acids is 1. The molecular formula is C17H25FN2O. The van der Waals surface area contributed by atoms with Gasteiger partial charge in [0.25, 0.3) is 0 Å². The maximum atomic E-state index is 13.5. The van der Waals surface area contributed by atoms with Gasteiger partial charge in [0.2, 0.25) is 5.91 Å². The topological polar surface area (TPSA) is 55.1 Å². The summed E-state index contributed by atoms with van der Waals surface area (Å²) >= 11 is 0. The second kappa shape index (κ2) is 6.46. The van der Waals surface area contributed by atoms with Crippen molar-refractivity contribution in [1.29, 1.82) is 0 Å². The number of hydrogen-bond acceptors (Lipinski definition) is 2. The lowest BCUT2D eigenvalue weighted by Gasteiger charge is -2.32. The van der Waals surface area contributed by atoms with Crippen LogP contribution in [0.3, 0.4) is 0 Å². The van der Waals surface area contributed by atoms with E-state index in [9.17, 15) is 9.18 Å². The Kier molecular flexibility index (Phi) is 4.86. The minimum absolute atomic E-state index is 0.294. The average molecular weight is 292 g/mol. The third-order valence-electron chi connectivity index (χ3n) is 4.67. The fourth-order valence-corrected chi connectivity index (χ4v) is 3.34. The number of halogens is 1. The quantitative estimate of drug-likeness (QED) is 0.830. The van der Waals surface area contributed by atoms with Crippen LogP contribution in [-0.4, -0.2) is 11.4 Å². The maximum Gasteiger partial charge on any atom is 0.243 e. The average Bonchev–Trinajstić information content (AvgIpc) is 2.60. The molecule has 0 aliphatic heterocycles. The molecule has 0 heterocycles. The minimum Gasteiger partial charge on any atom is -0.371 e. The first kappa shape index (κ1) is 15.8. The highest BCUT2D eigenvalue weighted by atomic mass is 19.1. The smallest absolute Gasteiger partial charge is 0.243 e. The van der Waals surface area contributed by atoms with E-state index in [1.807, 2.05) is 13.0 Å². The number of primary amides is 1. The van der Waals surface area contributed by atoms with Gasteiger partial charge in [0.1, 0.15) is 11.4 Å². The molecule has 0 spiro atoms. The third kappa shape index (κ3) is 3.74. The molecule has 1 fully saturated rings. The van der Waals surface area contributed by atoms with E-state index in [0.29, 0.717) is 18.0 Å². The monoisotopic (exact) mass is 292 g/mol. The summed E-state index contributed by atoms with van der Waals surface area (Å²) < 4.78 is 13.5. The summed E-state index contributed by atoms with van der Waals surface area (Å²) in [7, 11) is 0. The lowest BCUT2D eigenvalue weighted by Crippen LogP contribution is -2.50. The highest BCUT2D eigenvalue weighted by molar-refractivity contribution is 5.88. The van der Waals surface area contributed by atoms with Gasteiger partial charge < -0.3 is 11.1 Å². The number of aryl methyl sites for hydroxylation is 1. The molecule has 2 rings (SSSR count). The summed E-state index contributed by atoms with van der Waals surface area (Å²) in [4.78, 5) is 12.1. The first-order valence-corrected chi connectivity index (χ1v) is 7.80. The van der Waals surface area contributed by atoms with Crippen LogP contribution < -0.4 is 11.1 Å². The minimum atomic E-state index is -0.746. The number of nitrogens with one attached hydrogen (secondary N) is 1. The lowest BCUT2D eigenvalue weighted by molar-refractivity contribution is -0.122. The highest BCUT2D eigenvalue weighted by Crippen LogP contribution is 2.34. The zero-order chi connectivity index (χ0) is 15.5. The molecule has 0 saturated heterocycles. The molecule has 1 aromatic carbocycles. The van der Waals surface area contributed by atoms with Crippen molar-refractivity contribution in [2.75, 3.05) is 5.32 Å². The Morgan fingerprint density at radius 1 is 1.38 bits per heavy atom. The van der Waals surface area contributed by atoms with Crippen molar-refractivity contribution >= 4 is 11.6 Å². The molecule has 1 aliphatic rings. The SMILES string of the molecule is CCC1CCCC(Nc2cc(C)cc(F)c2)(C(N)=O)CC1. The summed E-state index contributed by atoms with van der Waals surface area (Å²) in [5.74, 6) is 0.0283. The van der Waals surface area contributed by atoms with E-state index in [1.54, 1.807) is 0 Å². The highest BCUT2D eigenvalue weighted by Gasteiger charge is 2.38. The Morgan fingerprint density at radius 2 is 2.14 bits per heavy atom. The van der Waals surface area contributed by atoms with Gasteiger partial charge in [0.05, 0.1) is 0 Å². The van der Waals surface area contributed by atoms with Crippen LogP contribution in [-0.2, 0) is 4.79 Å². The molecule has 0 aromatic heterocycles. The third-order valence-corrected chi connectivity index (χ3v) is 4.67. The van der Waals surface area contributed by atoms with Gasteiger partial charge >= 0.3 is 0 Å². The van der Waals surface area contributed by atoms with Gasteiger partial charge in [0, 0.05) is 5.69 Å². The zero-order valence-electron chi connectivity index (χ0n) is 12.9. The van der Waals surface area contributed by atoms with E-state index < -0.39 is 5.54 Å². The molecule has 3 nitrogen and oxygen atoms in total. The van der Waals surface area contributed by atoms with Crippen molar-refractivity contribution in [3.8, 4) is 0 Å². The van der Waals surface area contributed by atoms with E-state index in [2.05, 4.69) is 12.2 Å². The van der Waals surface area contributed by atoms with Crippen molar-refractivity contribution in [3.63, 3.8) is 0 Å². The number of carbonyl (C=O) groups is 1. The Morgan fingerprint density at radius 3 is 2.76 bits per heavy atom. The summed E-state index contributed by atoms with van der Waals surface area (Å²) in [6.07, 6.45) is 5.66. The molecule has 0 radical (unpaired) electrons. The fraction of sp³-hybridized carbons (Fsp3) is 0.588. The Balaban J connectivity index is 2.24. The number of hydrogen-bond donors (Lipinski definition) is 2. The summed E-state index contributed by atoms with van der Waals surface area (Å²) in [5, 5.41) is 3.25. The first-order valence-electron chi connectivity index (χ1n) is 7.80. The standard InChI is InChI=1S/C17H25FN2O/c1-3-13-5-4-7-17(8-6-13,16(19)21)20-15-10-12(2)9-14(18)11-15/h9-11,13,20H,3-8H2,1-2H3,(H2,19,21). The van der Waals surface area contributed by atoms with Gasteiger partial charge in [-0.1, -0.05) is 26.2 Å². The maximum absolute atomic E-state index is 13.5. The van der Waals surface area contributed by atoms with Crippen LogP contribution >= 0.6 is 0 Å². The van der Waals surface area contributed by atoms with E-state index in [4.69, 9.17) is 5.73 Å². The molecule has 116 valence electrons.